The molecule has 2 N–H and O–H groups in total. The minimum absolute atomic E-state index is 0.0537. The minimum atomic E-state index is -5.82. The number of rotatable bonds is 7. The predicted molar refractivity (Wildman–Crippen MR) is 165 cm³/mol. The van der Waals surface area contributed by atoms with E-state index in [0.717, 1.165) is 15.8 Å². The van der Waals surface area contributed by atoms with Gasteiger partial charge in [-0.15, -0.1) is 0 Å². The fourth-order valence-electron chi connectivity index (χ4n) is 6.17. The van der Waals surface area contributed by atoms with Gasteiger partial charge in [-0.2, -0.15) is 26.3 Å². The number of halogens is 6. The Morgan fingerprint density at radius 2 is 1.60 bits per heavy atom. The van der Waals surface area contributed by atoms with Crippen molar-refractivity contribution in [3.8, 4) is 0 Å². The quantitative estimate of drug-likeness (QED) is 0.410. The van der Waals surface area contributed by atoms with Crippen LogP contribution in [0.2, 0.25) is 0 Å². The molecule has 2 saturated heterocycles. The molecule has 0 unspecified atom stereocenters. The first-order valence-corrected chi connectivity index (χ1v) is 16.7. The summed E-state index contributed by atoms with van der Waals surface area (Å²) in [6.45, 7) is 2.77. The van der Waals surface area contributed by atoms with Gasteiger partial charge in [-0.25, -0.2) is 12.8 Å². The summed E-state index contributed by atoms with van der Waals surface area (Å²) >= 11 is 0. The van der Waals surface area contributed by atoms with E-state index in [1.54, 1.807) is 30.9 Å². The lowest BCUT2D eigenvalue weighted by molar-refractivity contribution is -0.289. The number of benzene rings is 2. The van der Waals surface area contributed by atoms with Crippen LogP contribution >= 0.6 is 0 Å². The molecule has 0 aromatic heterocycles. The zero-order valence-electron chi connectivity index (χ0n) is 26.1. The van der Waals surface area contributed by atoms with Gasteiger partial charge in [0.15, 0.2) is 0 Å². The number of hydrogen-bond acceptors (Lipinski definition) is 6. The van der Waals surface area contributed by atoms with Crippen molar-refractivity contribution in [3.63, 3.8) is 0 Å². The van der Waals surface area contributed by atoms with E-state index < -0.39 is 51.4 Å². The van der Waals surface area contributed by atoms with Crippen LogP contribution in [0.5, 0.6) is 0 Å². The Bertz CT molecular complexity index is 1750. The highest BCUT2D eigenvalue weighted by Crippen LogP contribution is 2.44. The van der Waals surface area contributed by atoms with Crippen molar-refractivity contribution < 1.29 is 49.5 Å². The van der Waals surface area contributed by atoms with Crippen LogP contribution in [-0.4, -0.2) is 90.5 Å². The third-order valence-electron chi connectivity index (χ3n) is 9.22. The number of hydrogen-bond donors (Lipinski definition) is 2. The number of nitrogens with one attached hydrogen (secondary N) is 1. The van der Waals surface area contributed by atoms with Gasteiger partial charge in [0.25, 0.3) is 11.8 Å². The van der Waals surface area contributed by atoms with Gasteiger partial charge >= 0.3 is 12.1 Å². The number of aliphatic hydroxyl groups is 1. The highest BCUT2D eigenvalue weighted by molar-refractivity contribution is 7.92. The van der Waals surface area contributed by atoms with E-state index in [0.29, 0.717) is 34.4 Å². The van der Waals surface area contributed by atoms with Crippen molar-refractivity contribution in [2.24, 2.45) is 4.99 Å². The average molecular weight is 701 g/mol. The lowest BCUT2D eigenvalue weighted by Gasteiger charge is -2.36. The highest BCUT2D eigenvalue weighted by Gasteiger charge is 2.59. The van der Waals surface area contributed by atoms with E-state index in [4.69, 9.17) is 0 Å². The van der Waals surface area contributed by atoms with E-state index in [9.17, 15) is 49.5 Å². The third-order valence-corrected chi connectivity index (χ3v) is 10.8. The summed E-state index contributed by atoms with van der Waals surface area (Å²) in [5, 5.41) is 13.6. The van der Waals surface area contributed by atoms with Gasteiger partial charge in [-0.3, -0.25) is 14.6 Å². The van der Waals surface area contributed by atoms with Crippen molar-refractivity contribution in [2.75, 3.05) is 32.9 Å². The Kier molecular flexibility index (Phi) is 9.33. The van der Waals surface area contributed by atoms with E-state index in [1.807, 2.05) is 0 Å². The van der Waals surface area contributed by atoms with Crippen molar-refractivity contribution in [1.29, 1.82) is 0 Å². The van der Waals surface area contributed by atoms with E-state index >= 15 is 0 Å². The lowest BCUT2D eigenvalue weighted by Crippen LogP contribution is -2.50. The number of nitrogens with zero attached hydrogens (tertiary/aromatic N) is 3. The molecule has 48 heavy (non-hydrogen) atoms. The number of aryl methyl sites for hydroxylation is 2. The Morgan fingerprint density at radius 3 is 2.17 bits per heavy atom. The smallest absolute Gasteiger partial charge is 0.387 e. The molecule has 1 spiro atoms. The second kappa shape index (κ2) is 12.6. The number of carbonyl (C=O) groups excluding carboxylic acids is 2. The van der Waals surface area contributed by atoms with Crippen LogP contribution in [0.3, 0.4) is 0 Å². The summed E-state index contributed by atoms with van der Waals surface area (Å²) in [5.74, 6) is -6.18. The van der Waals surface area contributed by atoms with E-state index in [2.05, 4.69) is 10.3 Å². The van der Waals surface area contributed by atoms with E-state index in [1.165, 1.54) is 12.1 Å². The summed E-state index contributed by atoms with van der Waals surface area (Å²) in [4.78, 5) is 31.9. The van der Waals surface area contributed by atoms with Crippen molar-refractivity contribution in [2.45, 2.75) is 62.8 Å². The Balaban J connectivity index is 1.26. The largest absolute Gasteiger partial charge is 0.458 e. The fourth-order valence-corrected chi connectivity index (χ4v) is 7.34. The molecule has 0 bridgehead atoms. The molecule has 2 fully saturated rings. The van der Waals surface area contributed by atoms with Gasteiger partial charge in [-0.05, 0) is 80.5 Å². The average Bonchev–Trinajstić information content (AvgIpc) is 3.35. The lowest BCUT2D eigenvalue weighted by atomic mass is 9.89. The molecule has 3 heterocycles. The van der Waals surface area contributed by atoms with Crippen molar-refractivity contribution in [1.82, 2.24) is 14.5 Å². The molecule has 0 atom stereocenters. The maximum atomic E-state index is 13.9. The number of amidine groups is 1. The topological polar surface area (TPSA) is 119 Å². The number of sulfonamides is 1. The molecule has 0 radical (unpaired) electrons. The standard InChI is InChI=1S/C32H34F6N4O5S/c1-20-16-23(27(43)41-11-7-29(45,19-33)8-12-41)17-21(2)25(20)6-15-48(46,47)42-13-9-30(10-14-42)28(44)39-26(40-30)22-4-3-5-24(18-22)31(34,35)32(36,37)38/h3-6,15-18,45H,7-14,19H2,1-2H3,(H,39,40,44). The predicted octanol–water partition coefficient (Wildman–Crippen LogP) is 4.61. The van der Waals surface area contributed by atoms with Gasteiger partial charge < -0.3 is 15.3 Å². The normalized spacial score (nSPS) is 20.3. The molecule has 2 amide bonds. The molecule has 9 nitrogen and oxygen atoms in total. The van der Waals surface area contributed by atoms with Gasteiger partial charge in [-0.1, -0.05) is 18.2 Å². The van der Waals surface area contributed by atoms with Gasteiger partial charge in [0.1, 0.15) is 18.0 Å². The second-order valence-corrected chi connectivity index (χ2v) is 14.3. The van der Waals surface area contributed by atoms with Gasteiger partial charge in [0.2, 0.25) is 10.0 Å². The van der Waals surface area contributed by atoms with Crippen LogP contribution in [0.15, 0.2) is 46.8 Å². The summed E-state index contributed by atoms with van der Waals surface area (Å²) in [5.41, 5.74) is -2.04. The number of piperidine rings is 2. The number of alkyl halides is 6. The number of aliphatic imine (C=N–C) groups is 1. The van der Waals surface area contributed by atoms with Crippen LogP contribution < -0.4 is 5.32 Å². The maximum Gasteiger partial charge on any atom is 0.458 e. The minimum Gasteiger partial charge on any atom is -0.387 e. The third kappa shape index (κ3) is 6.74. The molecule has 0 aliphatic carbocycles. The second-order valence-electron chi connectivity index (χ2n) is 12.5. The molecule has 3 aliphatic rings. The summed E-state index contributed by atoms with van der Waals surface area (Å²) in [7, 11) is -3.98. The van der Waals surface area contributed by atoms with Crippen molar-refractivity contribution >= 4 is 33.7 Å². The zero-order chi connectivity index (χ0) is 35.3. The number of likely N-dealkylation sites (tertiary alicyclic amines) is 1. The van der Waals surface area contributed by atoms with Crippen molar-refractivity contribution in [3.05, 3.63) is 75.2 Å². The molecular weight excluding hydrogens is 666 g/mol. The molecule has 3 aliphatic heterocycles. The molecule has 16 heteroatoms. The number of amides is 2. The fraction of sp³-hybridized carbons (Fsp3) is 0.469. The summed E-state index contributed by atoms with van der Waals surface area (Å²) < 4.78 is 107. The first-order chi connectivity index (χ1) is 22.3. The molecule has 2 aromatic carbocycles. The van der Waals surface area contributed by atoms with Crippen LogP contribution in [0.4, 0.5) is 26.3 Å². The van der Waals surface area contributed by atoms with Gasteiger partial charge in [0.05, 0.1) is 5.60 Å². The molecule has 260 valence electrons. The molecule has 2 aromatic rings. The summed E-state index contributed by atoms with van der Waals surface area (Å²) in [6.07, 6.45) is -4.25. The Morgan fingerprint density at radius 1 is 1.00 bits per heavy atom. The maximum absolute atomic E-state index is 13.9. The Hall–Kier alpha value is -3.76. The molecule has 0 saturated carbocycles. The molecule has 5 rings (SSSR count). The SMILES string of the molecule is Cc1cc(C(=O)N2CCC(O)(CF)CC2)cc(C)c1C=CS(=O)(=O)N1CCC2(CC1)N=C(c1cccc(C(F)(F)C(F)(F)F)c1)NC2=O. The van der Waals surface area contributed by atoms with Crippen LogP contribution in [0, 0.1) is 13.8 Å². The molecular formula is C32H34F6N4O5S. The first kappa shape index (κ1) is 35.5. The van der Waals surface area contributed by atoms with E-state index in [-0.39, 0.29) is 69.2 Å². The van der Waals surface area contributed by atoms with Crippen LogP contribution in [-0.2, 0) is 20.7 Å². The number of carbonyl (C=O) groups is 2. The first-order valence-electron chi connectivity index (χ1n) is 15.1. The zero-order valence-corrected chi connectivity index (χ0v) is 26.9. The monoisotopic (exact) mass is 700 g/mol. The van der Waals surface area contributed by atoms with Crippen LogP contribution in [0.25, 0.3) is 6.08 Å². The van der Waals surface area contributed by atoms with Gasteiger partial charge in [0, 0.05) is 48.3 Å². The Labute approximate surface area is 273 Å². The summed E-state index contributed by atoms with van der Waals surface area (Å²) in [6, 6.07) is 6.76. The van der Waals surface area contributed by atoms with Crippen LogP contribution in [0.1, 0.15) is 63.9 Å². The highest BCUT2D eigenvalue weighted by atomic mass is 32.2.